The summed E-state index contributed by atoms with van der Waals surface area (Å²) in [6, 6.07) is -0.382. The first-order chi connectivity index (χ1) is 8.53. The van der Waals surface area contributed by atoms with E-state index in [1.807, 2.05) is 13.8 Å². The second-order valence-electron chi connectivity index (χ2n) is 4.67. The van der Waals surface area contributed by atoms with Gasteiger partial charge in [0.05, 0.1) is 0 Å². The molecule has 0 bridgehead atoms. The van der Waals surface area contributed by atoms with Gasteiger partial charge in [0.2, 0.25) is 5.91 Å². The fraction of sp³-hybridized carbons (Fsp3) is 0.769. The average molecular weight is 253 g/mol. The van der Waals surface area contributed by atoms with Crippen LogP contribution in [0, 0.1) is 5.41 Å². The molecule has 5 heteroatoms. The van der Waals surface area contributed by atoms with Gasteiger partial charge in [0.25, 0.3) is 0 Å². The summed E-state index contributed by atoms with van der Waals surface area (Å²) in [7, 11) is 1.51. The maximum Gasteiger partial charge on any atom is 0.329 e. The minimum Gasteiger partial charge on any atom is -0.295 e. The molecule has 102 valence electrons. The Morgan fingerprint density at radius 1 is 1.22 bits per heavy atom. The van der Waals surface area contributed by atoms with Crippen molar-refractivity contribution in [3.8, 4) is 0 Å². The molecule has 0 aromatic carbocycles. The smallest absolute Gasteiger partial charge is 0.295 e. The van der Waals surface area contributed by atoms with E-state index in [1.165, 1.54) is 7.05 Å². The van der Waals surface area contributed by atoms with Gasteiger partial charge in [-0.2, -0.15) is 0 Å². The predicted octanol–water partition coefficient (Wildman–Crippen LogP) is 2.17. The summed E-state index contributed by atoms with van der Waals surface area (Å²) in [5, 5.41) is 2.76. The highest BCUT2D eigenvalue weighted by Gasteiger charge is 2.48. The van der Waals surface area contributed by atoms with Gasteiger partial charge in [0, 0.05) is 13.6 Å². The largest absolute Gasteiger partial charge is 0.329 e. The number of carbonyl (C=O) groups is 2. The molecular weight excluding hydrogens is 230 g/mol. The fourth-order valence-electron chi connectivity index (χ4n) is 2.25. The van der Waals surface area contributed by atoms with E-state index in [9.17, 15) is 9.59 Å². The zero-order valence-corrected chi connectivity index (χ0v) is 11.7. The molecule has 0 aromatic heterocycles. The number of urea groups is 1. The van der Waals surface area contributed by atoms with E-state index >= 15 is 0 Å². The summed E-state index contributed by atoms with van der Waals surface area (Å²) in [5.74, 6) is 0.403. The lowest BCUT2D eigenvalue weighted by Gasteiger charge is -2.39. The minimum absolute atomic E-state index is 0.147. The molecule has 0 atom stereocenters. The normalized spacial score (nSPS) is 21.3. The molecule has 1 aliphatic heterocycles. The molecular formula is C13H23N3O2. The van der Waals surface area contributed by atoms with Crippen LogP contribution in [0.15, 0.2) is 4.99 Å². The molecule has 0 saturated carbocycles. The molecule has 0 aliphatic carbocycles. The summed E-state index contributed by atoms with van der Waals surface area (Å²) in [5.41, 5.74) is -0.656. The lowest BCUT2D eigenvalue weighted by Crippen LogP contribution is -2.62. The van der Waals surface area contributed by atoms with Crippen molar-refractivity contribution in [1.82, 2.24) is 10.2 Å². The number of nitrogens with one attached hydrogen (secondary N) is 1. The number of hydrogen-bond donors (Lipinski definition) is 1. The number of amides is 3. The minimum atomic E-state index is -0.656. The number of rotatable bonds is 5. The Morgan fingerprint density at radius 2 is 1.83 bits per heavy atom. The van der Waals surface area contributed by atoms with E-state index in [0.717, 1.165) is 17.7 Å². The molecule has 18 heavy (non-hydrogen) atoms. The van der Waals surface area contributed by atoms with E-state index in [1.54, 1.807) is 0 Å². The first-order valence-electron chi connectivity index (χ1n) is 6.67. The van der Waals surface area contributed by atoms with Crippen LogP contribution in [0.2, 0.25) is 0 Å². The van der Waals surface area contributed by atoms with Gasteiger partial charge in [-0.3, -0.25) is 20.0 Å². The number of aliphatic imine (C=N–C) groups is 1. The van der Waals surface area contributed by atoms with E-state index < -0.39 is 5.41 Å². The van der Waals surface area contributed by atoms with Crippen LogP contribution in [0.4, 0.5) is 4.79 Å². The summed E-state index contributed by atoms with van der Waals surface area (Å²) in [4.78, 5) is 29.6. The van der Waals surface area contributed by atoms with Crippen LogP contribution in [0.3, 0.4) is 0 Å². The molecule has 3 amide bonds. The SMILES string of the molecule is CCCCN=C1NC(=O)N(C)C(=O)C1(CC)CC. The van der Waals surface area contributed by atoms with E-state index in [2.05, 4.69) is 17.2 Å². The molecule has 1 N–H and O–H groups in total. The fourth-order valence-corrected chi connectivity index (χ4v) is 2.25. The Labute approximate surface area is 109 Å². The van der Waals surface area contributed by atoms with Crippen molar-refractivity contribution in [2.75, 3.05) is 13.6 Å². The van der Waals surface area contributed by atoms with Crippen LogP contribution >= 0.6 is 0 Å². The Morgan fingerprint density at radius 3 is 2.33 bits per heavy atom. The zero-order chi connectivity index (χ0) is 13.8. The van der Waals surface area contributed by atoms with Crippen molar-refractivity contribution in [2.45, 2.75) is 46.5 Å². The van der Waals surface area contributed by atoms with Gasteiger partial charge in [0.15, 0.2) is 0 Å². The number of amidine groups is 1. The van der Waals surface area contributed by atoms with E-state index in [0.29, 0.717) is 25.2 Å². The maximum atomic E-state index is 12.3. The van der Waals surface area contributed by atoms with Crippen molar-refractivity contribution in [3.63, 3.8) is 0 Å². The molecule has 1 fully saturated rings. The Hall–Kier alpha value is -1.39. The van der Waals surface area contributed by atoms with Crippen molar-refractivity contribution < 1.29 is 9.59 Å². The molecule has 1 heterocycles. The molecule has 1 saturated heterocycles. The molecule has 0 unspecified atom stereocenters. The van der Waals surface area contributed by atoms with Crippen LogP contribution in [-0.2, 0) is 4.79 Å². The van der Waals surface area contributed by atoms with Crippen LogP contribution in [0.1, 0.15) is 46.5 Å². The number of carbonyl (C=O) groups excluding carboxylic acids is 2. The van der Waals surface area contributed by atoms with Crippen LogP contribution in [-0.4, -0.2) is 36.3 Å². The highest BCUT2D eigenvalue weighted by atomic mass is 16.2. The molecule has 0 radical (unpaired) electrons. The predicted molar refractivity (Wildman–Crippen MR) is 71.5 cm³/mol. The van der Waals surface area contributed by atoms with E-state index in [4.69, 9.17) is 0 Å². The highest BCUT2D eigenvalue weighted by molar-refractivity contribution is 6.20. The van der Waals surface area contributed by atoms with Gasteiger partial charge in [-0.1, -0.05) is 27.2 Å². The van der Waals surface area contributed by atoms with Crippen LogP contribution < -0.4 is 5.32 Å². The topological polar surface area (TPSA) is 61.8 Å². The van der Waals surface area contributed by atoms with Gasteiger partial charge in [-0.15, -0.1) is 0 Å². The van der Waals surface area contributed by atoms with Crippen molar-refractivity contribution in [1.29, 1.82) is 0 Å². The Bertz CT molecular complexity index is 359. The van der Waals surface area contributed by atoms with Crippen molar-refractivity contribution >= 4 is 17.8 Å². The summed E-state index contributed by atoms with van der Waals surface area (Å²) in [6.45, 7) is 6.67. The lowest BCUT2D eigenvalue weighted by molar-refractivity contribution is -0.135. The number of hydrogen-bond acceptors (Lipinski definition) is 3. The third kappa shape index (κ3) is 2.40. The van der Waals surface area contributed by atoms with Crippen molar-refractivity contribution in [3.05, 3.63) is 0 Å². The second kappa shape index (κ2) is 5.98. The molecule has 1 aliphatic rings. The second-order valence-corrected chi connectivity index (χ2v) is 4.67. The Kier molecular flexibility index (Phi) is 4.87. The van der Waals surface area contributed by atoms with Gasteiger partial charge in [0.1, 0.15) is 11.3 Å². The number of unbranched alkanes of at least 4 members (excludes halogenated alkanes) is 1. The van der Waals surface area contributed by atoms with Gasteiger partial charge in [-0.25, -0.2) is 4.79 Å². The molecule has 0 aromatic rings. The quantitative estimate of drug-likeness (QED) is 0.763. The zero-order valence-electron chi connectivity index (χ0n) is 11.7. The summed E-state index contributed by atoms with van der Waals surface area (Å²) in [6.07, 6.45) is 3.31. The van der Waals surface area contributed by atoms with Crippen molar-refractivity contribution in [2.24, 2.45) is 10.4 Å². The third-order valence-corrected chi connectivity index (χ3v) is 3.69. The molecule has 5 nitrogen and oxygen atoms in total. The first-order valence-corrected chi connectivity index (χ1v) is 6.67. The van der Waals surface area contributed by atoms with E-state index in [-0.39, 0.29) is 11.9 Å². The van der Waals surface area contributed by atoms with Gasteiger partial charge >= 0.3 is 6.03 Å². The molecule has 0 spiro atoms. The highest BCUT2D eigenvalue weighted by Crippen LogP contribution is 2.32. The van der Waals surface area contributed by atoms with Crippen LogP contribution in [0.25, 0.3) is 0 Å². The third-order valence-electron chi connectivity index (χ3n) is 3.69. The molecule has 1 rings (SSSR count). The van der Waals surface area contributed by atoms with Crippen LogP contribution in [0.5, 0.6) is 0 Å². The lowest BCUT2D eigenvalue weighted by atomic mass is 9.78. The average Bonchev–Trinajstić information content (AvgIpc) is 2.38. The van der Waals surface area contributed by atoms with Gasteiger partial charge in [-0.05, 0) is 19.3 Å². The van der Waals surface area contributed by atoms with Gasteiger partial charge < -0.3 is 0 Å². The maximum absolute atomic E-state index is 12.3. The first kappa shape index (κ1) is 14.7. The monoisotopic (exact) mass is 253 g/mol. The summed E-state index contributed by atoms with van der Waals surface area (Å²) < 4.78 is 0. The standard InChI is InChI=1S/C13H23N3O2/c1-5-8-9-14-10-13(6-2,7-3)11(17)16(4)12(18)15-10/h5-9H2,1-4H3,(H,14,15,18). The summed E-state index contributed by atoms with van der Waals surface area (Å²) >= 11 is 0. The number of nitrogens with zero attached hydrogens (tertiary/aromatic N) is 2. The number of imide groups is 1. The Balaban J connectivity index is 3.07.